The van der Waals surface area contributed by atoms with Crippen molar-refractivity contribution in [2.45, 2.75) is 19.7 Å². The van der Waals surface area contributed by atoms with Crippen molar-refractivity contribution in [3.05, 3.63) is 29.3 Å². The van der Waals surface area contributed by atoms with E-state index >= 15 is 0 Å². The van der Waals surface area contributed by atoms with Crippen molar-refractivity contribution >= 4 is 11.8 Å². The van der Waals surface area contributed by atoms with Crippen molar-refractivity contribution in [1.29, 1.82) is 0 Å². The summed E-state index contributed by atoms with van der Waals surface area (Å²) in [7, 11) is 0. The maximum absolute atomic E-state index is 12.5. The molecule has 0 saturated heterocycles. The minimum Gasteiger partial charge on any atom is -0.450 e. The topological polar surface area (TPSA) is 58.6 Å². The van der Waals surface area contributed by atoms with Gasteiger partial charge in [0.15, 0.2) is 0 Å². The standard InChI is InChI=1S/C11H12F3NO3/c1-2-18-10(17)15-9-4-7(6-16)3-8(5-9)11(12,13)14/h3-5,16H,2,6H2,1H3,(H,15,17). The van der Waals surface area contributed by atoms with E-state index in [1.165, 1.54) is 6.07 Å². The molecule has 0 spiro atoms. The van der Waals surface area contributed by atoms with Crippen LogP contribution in [-0.2, 0) is 17.5 Å². The second-order valence-corrected chi connectivity index (χ2v) is 3.42. The van der Waals surface area contributed by atoms with Crippen molar-refractivity contribution < 1.29 is 27.8 Å². The Morgan fingerprint density at radius 2 is 2.06 bits per heavy atom. The molecule has 0 bridgehead atoms. The van der Waals surface area contributed by atoms with Crippen LogP contribution in [0.2, 0.25) is 0 Å². The molecule has 0 heterocycles. The van der Waals surface area contributed by atoms with E-state index < -0.39 is 24.4 Å². The van der Waals surface area contributed by atoms with Crippen LogP contribution in [0.25, 0.3) is 0 Å². The average molecular weight is 263 g/mol. The highest BCUT2D eigenvalue weighted by Crippen LogP contribution is 2.32. The molecule has 4 nitrogen and oxygen atoms in total. The summed E-state index contributed by atoms with van der Waals surface area (Å²) < 4.78 is 42.2. The van der Waals surface area contributed by atoms with Crippen LogP contribution in [0.15, 0.2) is 18.2 Å². The number of halogens is 3. The van der Waals surface area contributed by atoms with Crippen molar-refractivity contribution in [2.75, 3.05) is 11.9 Å². The van der Waals surface area contributed by atoms with Gasteiger partial charge in [0.05, 0.1) is 18.8 Å². The van der Waals surface area contributed by atoms with Crippen molar-refractivity contribution in [3.63, 3.8) is 0 Å². The van der Waals surface area contributed by atoms with Gasteiger partial charge in [0.25, 0.3) is 0 Å². The summed E-state index contributed by atoms with van der Waals surface area (Å²) >= 11 is 0. The number of aliphatic hydroxyl groups excluding tert-OH is 1. The Kier molecular flexibility index (Phi) is 4.55. The highest BCUT2D eigenvalue weighted by Gasteiger charge is 2.31. The maximum atomic E-state index is 12.5. The Labute approximate surface area is 101 Å². The summed E-state index contributed by atoms with van der Waals surface area (Å²) in [4.78, 5) is 11.1. The lowest BCUT2D eigenvalue weighted by atomic mass is 10.1. The lowest BCUT2D eigenvalue weighted by Crippen LogP contribution is -2.15. The van der Waals surface area contributed by atoms with Crippen LogP contribution < -0.4 is 5.32 Å². The van der Waals surface area contributed by atoms with Crippen LogP contribution in [0.3, 0.4) is 0 Å². The number of amides is 1. The minimum absolute atomic E-state index is 0.0524. The zero-order chi connectivity index (χ0) is 13.8. The Bertz CT molecular complexity index is 432. The number of alkyl halides is 3. The number of aliphatic hydroxyl groups is 1. The molecule has 1 aromatic carbocycles. The van der Waals surface area contributed by atoms with E-state index in [1.807, 2.05) is 0 Å². The number of anilines is 1. The third-order valence-corrected chi connectivity index (χ3v) is 2.02. The SMILES string of the molecule is CCOC(=O)Nc1cc(CO)cc(C(F)(F)F)c1. The van der Waals surface area contributed by atoms with E-state index in [-0.39, 0.29) is 17.9 Å². The normalized spacial score (nSPS) is 11.2. The van der Waals surface area contributed by atoms with Crippen molar-refractivity contribution in [2.24, 2.45) is 0 Å². The molecule has 0 aliphatic rings. The lowest BCUT2D eigenvalue weighted by molar-refractivity contribution is -0.137. The smallest absolute Gasteiger partial charge is 0.416 e. The number of ether oxygens (including phenoxy) is 1. The fourth-order valence-electron chi connectivity index (χ4n) is 1.30. The van der Waals surface area contributed by atoms with Crippen LogP contribution >= 0.6 is 0 Å². The maximum Gasteiger partial charge on any atom is 0.416 e. The van der Waals surface area contributed by atoms with Crippen LogP contribution in [-0.4, -0.2) is 17.8 Å². The molecule has 0 radical (unpaired) electrons. The third-order valence-electron chi connectivity index (χ3n) is 2.02. The number of carbonyl (C=O) groups excluding carboxylic acids is 1. The Morgan fingerprint density at radius 1 is 1.39 bits per heavy atom. The lowest BCUT2D eigenvalue weighted by Gasteiger charge is -2.12. The molecule has 1 amide bonds. The van der Waals surface area contributed by atoms with Gasteiger partial charge in [-0.25, -0.2) is 4.79 Å². The van der Waals surface area contributed by atoms with Gasteiger partial charge in [0.1, 0.15) is 0 Å². The number of nitrogens with one attached hydrogen (secondary N) is 1. The summed E-state index contributed by atoms with van der Waals surface area (Å²) in [6.45, 7) is 1.13. The molecule has 1 aromatic rings. The second kappa shape index (κ2) is 5.72. The molecule has 0 aliphatic heterocycles. The highest BCUT2D eigenvalue weighted by molar-refractivity contribution is 5.84. The zero-order valence-corrected chi connectivity index (χ0v) is 9.54. The highest BCUT2D eigenvalue weighted by atomic mass is 19.4. The number of rotatable bonds is 3. The van der Waals surface area contributed by atoms with Gasteiger partial charge in [0, 0.05) is 5.69 Å². The van der Waals surface area contributed by atoms with E-state index in [1.54, 1.807) is 6.92 Å². The third kappa shape index (κ3) is 3.92. The summed E-state index contributed by atoms with van der Waals surface area (Å²) in [6, 6.07) is 2.83. The van der Waals surface area contributed by atoms with E-state index in [2.05, 4.69) is 10.1 Å². The van der Waals surface area contributed by atoms with E-state index in [4.69, 9.17) is 5.11 Å². The Morgan fingerprint density at radius 3 is 2.56 bits per heavy atom. The molecule has 0 atom stereocenters. The van der Waals surface area contributed by atoms with Crippen molar-refractivity contribution in [3.8, 4) is 0 Å². The minimum atomic E-state index is -4.55. The van der Waals surface area contributed by atoms with Gasteiger partial charge in [-0.1, -0.05) is 0 Å². The molecule has 0 aromatic heterocycles. The molecular weight excluding hydrogens is 251 g/mol. The van der Waals surface area contributed by atoms with Gasteiger partial charge in [-0.3, -0.25) is 5.32 Å². The van der Waals surface area contributed by atoms with Crippen LogP contribution in [0.4, 0.5) is 23.7 Å². The molecular formula is C11H12F3NO3. The summed E-state index contributed by atoms with van der Waals surface area (Å²) in [6.07, 6.45) is -5.39. The Hall–Kier alpha value is -1.76. The van der Waals surface area contributed by atoms with Gasteiger partial charge in [0.2, 0.25) is 0 Å². The molecule has 0 unspecified atom stereocenters. The summed E-state index contributed by atoms with van der Waals surface area (Å²) in [5, 5.41) is 11.0. The van der Waals surface area contributed by atoms with Gasteiger partial charge >= 0.3 is 12.3 Å². The van der Waals surface area contributed by atoms with E-state index in [0.29, 0.717) is 0 Å². The summed E-state index contributed by atoms with van der Waals surface area (Å²) in [5.41, 5.74) is -0.968. The molecule has 0 saturated carbocycles. The zero-order valence-electron chi connectivity index (χ0n) is 9.54. The first kappa shape index (κ1) is 14.3. The predicted octanol–water partition coefficient (Wildman–Crippen LogP) is 2.77. The van der Waals surface area contributed by atoms with Gasteiger partial charge in [-0.05, 0) is 30.7 Å². The van der Waals surface area contributed by atoms with Crippen LogP contribution in [0.1, 0.15) is 18.1 Å². The summed E-state index contributed by atoms with van der Waals surface area (Å²) in [5.74, 6) is 0. The van der Waals surface area contributed by atoms with E-state index in [0.717, 1.165) is 12.1 Å². The van der Waals surface area contributed by atoms with Gasteiger partial charge < -0.3 is 9.84 Å². The van der Waals surface area contributed by atoms with E-state index in [9.17, 15) is 18.0 Å². The van der Waals surface area contributed by atoms with Crippen LogP contribution in [0, 0.1) is 0 Å². The first-order chi connectivity index (χ1) is 8.36. The second-order valence-electron chi connectivity index (χ2n) is 3.42. The molecule has 7 heteroatoms. The van der Waals surface area contributed by atoms with Gasteiger partial charge in [-0.2, -0.15) is 13.2 Å². The largest absolute Gasteiger partial charge is 0.450 e. The monoisotopic (exact) mass is 263 g/mol. The van der Waals surface area contributed by atoms with Crippen molar-refractivity contribution in [1.82, 2.24) is 0 Å². The average Bonchev–Trinajstić information content (AvgIpc) is 2.27. The first-order valence-electron chi connectivity index (χ1n) is 5.12. The Balaban J connectivity index is 3.01. The molecule has 100 valence electrons. The first-order valence-corrected chi connectivity index (χ1v) is 5.12. The molecule has 0 aliphatic carbocycles. The number of carbonyl (C=O) groups is 1. The fraction of sp³-hybridized carbons (Fsp3) is 0.364. The number of hydrogen-bond donors (Lipinski definition) is 2. The number of hydrogen-bond acceptors (Lipinski definition) is 3. The number of benzene rings is 1. The molecule has 2 N–H and O–H groups in total. The quantitative estimate of drug-likeness (QED) is 0.881. The van der Waals surface area contributed by atoms with Crippen LogP contribution in [0.5, 0.6) is 0 Å². The molecule has 0 fully saturated rings. The molecule has 18 heavy (non-hydrogen) atoms. The fourth-order valence-corrected chi connectivity index (χ4v) is 1.30. The van der Waals surface area contributed by atoms with Gasteiger partial charge in [-0.15, -0.1) is 0 Å². The molecule has 1 rings (SSSR count). The predicted molar refractivity (Wildman–Crippen MR) is 58.0 cm³/mol.